The van der Waals surface area contributed by atoms with Crippen molar-refractivity contribution in [1.29, 1.82) is 0 Å². The Balaban J connectivity index is 1.66. The van der Waals surface area contributed by atoms with Crippen LogP contribution >= 0.6 is 23.2 Å². The first-order chi connectivity index (χ1) is 15.1. The first kappa shape index (κ1) is 19.6. The summed E-state index contributed by atoms with van der Waals surface area (Å²) in [5, 5.41) is 3.40. The number of rotatable bonds is 3. The maximum Gasteiger partial charge on any atom is 0.282 e. The van der Waals surface area contributed by atoms with Crippen molar-refractivity contribution in [2.24, 2.45) is 4.99 Å². The van der Waals surface area contributed by atoms with Crippen LogP contribution in [0.2, 0.25) is 10.0 Å². The molecule has 0 radical (unpaired) electrons. The van der Waals surface area contributed by atoms with Gasteiger partial charge in [-0.3, -0.25) is 9.69 Å². The van der Waals surface area contributed by atoms with E-state index >= 15 is 0 Å². The topological polar surface area (TPSA) is 32.7 Å². The van der Waals surface area contributed by atoms with Gasteiger partial charge in [-0.25, -0.2) is 4.99 Å². The van der Waals surface area contributed by atoms with Gasteiger partial charge in [0.15, 0.2) is 0 Å². The molecule has 1 aliphatic rings. The zero-order valence-corrected chi connectivity index (χ0v) is 17.8. The van der Waals surface area contributed by atoms with Gasteiger partial charge in [-0.15, -0.1) is 0 Å². The van der Waals surface area contributed by atoms with Crippen LogP contribution in [0.25, 0.3) is 16.8 Å². The molecule has 4 aromatic carbocycles. The highest BCUT2D eigenvalue weighted by Crippen LogP contribution is 2.30. The molecular formula is C26H16Cl2N2O. The maximum atomic E-state index is 13.5. The first-order valence-electron chi connectivity index (χ1n) is 9.74. The van der Waals surface area contributed by atoms with Crippen LogP contribution in [-0.2, 0) is 4.79 Å². The molecule has 1 amide bonds. The van der Waals surface area contributed by atoms with Crippen molar-refractivity contribution in [1.82, 2.24) is 0 Å². The van der Waals surface area contributed by atoms with Crippen molar-refractivity contribution < 1.29 is 4.79 Å². The summed E-state index contributed by atoms with van der Waals surface area (Å²) in [6.07, 6.45) is 1.84. The molecule has 0 bridgehead atoms. The molecule has 1 heterocycles. The Kier molecular flexibility index (Phi) is 5.06. The third kappa shape index (κ3) is 3.74. The van der Waals surface area contributed by atoms with Crippen LogP contribution in [0.15, 0.2) is 102 Å². The van der Waals surface area contributed by atoms with E-state index in [2.05, 4.69) is 12.1 Å². The Morgan fingerprint density at radius 3 is 2.13 bits per heavy atom. The van der Waals surface area contributed by atoms with Gasteiger partial charge in [-0.2, -0.15) is 0 Å². The van der Waals surface area contributed by atoms with Crippen molar-refractivity contribution in [2.75, 3.05) is 4.90 Å². The number of benzene rings is 4. The summed E-state index contributed by atoms with van der Waals surface area (Å²) in [4.78, 5) is 19.8. The van der Waals surface area contributed by atoms with E-state index in [0.717, 1.165) is 21.9 Å². The second kappa shape index (κ2) is 8.03. The number of nitrogens with zero attached hydrogens (tertiary/aromatic N) is 2. The molecule has 1 aliphatic heterocycles. The highest BCUT2D eigenvalue weighted by atomic mass is 35.5. The molecule has 5 rings (SSSR count). The number of hydrogen-bond donors (Lipinski definition) is 0. The largest absolute Gasteiger partial charge is 0.282 e. The van der Waals surface area contributed by atoms with Crippen LogP contribution in [-0.4, -0.2) is 11.7 Å². The molecule has 0 saturated heterocycles. The number of halogens is 2. The van der Waals surface area contributed by atoms with Crippen molar-refractivity contribution in [3.05, 3.63) is 118 Å². The average molecular weight is 443 g/mol. The number of fused-ring (bicyclic) bond motifs is 1. The van der Waals surface area contributed by atoms with E-state index in [1.807, 2.05) is 60.7 Å². The Morgan fingerprint density at radius 2 is 1.39 bits per heavy atom. The Bertz CT molecular complexity index is 1350. The van der Waals surface area contributed by atoms with Crippen LogP contribution in [0.5, 0.6) is 0 Å². The average Bonchev–Trinajstić information content (AvgIpc) is 3.11. The number of amidine groups is 1. The lowest BCUT2D eigenvalue weighted by molar-refractivity contribution is -0.113. The van der Waals surface area contributed by atoms with Crippen LogP contribution in [0.3, 0.4) is 0 Å². The minimum atomic E-state index is -0.194. The molecule has 0 aliphatic carbocycles. The van der Waals surface area contributed by atoms with Crippen LogP contribution in [0, 0.1) is 0 Å². The quantitative estimate of drug-likeness (QED) is 0.315. The van der Waals surface area contributed by atoms with Gasteiger partial charge >= 0.3 is 0 Å². The van der Waals surface area contributed by atoms with E-state index in [1.54, 1.807) is 29.2 Å². The highest BCUT2D eigenvalue weighted by Gasteiger charge is 2.32. The smallest absolute Gasteiger partial charge is 0.266 e. The van der Waals surface area contributed by atoms with Gasteiger partial charge in [0.25, 0.3) is 5.91 Å². The van der Waals surface area contributed by atoms with Crippen LogP contribution in [0.4, 0.5) is 5.69 Å². The highest BCUT2D eigenvalue weighted by molar-refractivity contribution is 6.34. The molecule has 4 aromatic rings. The van der Waals surface area contributed by atoms with E-state index < -0.39 is 0 Å². The molecular weight excluding hydrogens is 427 g/mol. The Morgan fingerprint density at radius 1 is 0.742 bits per heavy atom. The number of aliphatic imine (C=N–C) groups is 1. The molecule has 0 spiro atoms. The van der Waals surface area contributed by atoms with Gasteiger partial charge in [-0.05, 0) is 70.9 Å². The minimum Gasteiger partial charge on any atom is -0.266 e. The summed E-state index contributed by atoms with van der Waals surface area (Å²) in [7, 11) is 0. The fourth-order valence-electron chi connectivity index (χ4n) is 3.66. The molecule has 0 unspecified atom stereocenters. The first-order valence-corrected chi connectivity index (χ1v) is 10.5. The zero-order valence-electron chi connectivity index (χ0n) is 16.3. The third-order valence-corrected chi connectivity index (χ3v) is 5.67. The maximum absolute atomic E-state index is 13.5. The number of hydrogen-bond acceptors (Lipinski definition) is 2. The third-order valence-electron chi connectivity index (χ3n) is 5.16. The lowest BCUT2D eigenvalue weighted by atomic mass is 10.0. The summed E-state index contributed by atoms with van der Waals surface area (Å²) in [5.41, 5.74) is 2.81. The number of anilines is 1. The lowest BCUT2D eigenvalue weighted by Gasteiger charge is -2.18. The lowest BCUT2D eigenvalue weighted by Crippen LogP contribution is -2.32. The van der Waals surface area contributed by atoms with E-state index in [-0.39, 0.29) is 5.91 Å². The SMILES string of the molecule is O=C1/C(=C\c2cccc3ccccc23)N=C(c2ccc(Cl)cc2)N1c1ccc(Cl)cc1. The second-order valence-corrected chi connectivity index (χ2v) is 8.03. The summed E-state index contributed by atoms with van der Waals surface area (Å²) in [6, 6.07) is 28.5. The predicted octanol–water partition coefficient (Wildman–Crippen LogP) is 6.98. The van der Waals surface area contributed by atoms with E-state index in [1.165, 1.54) is 0 Å². The Labute approximate surface area is 189 Å². The molecule has 31 heavy (non-hydrogen) atoms. The van der Waals surface area contributed by atoms with Crippen molar-refractivity contribution in [3.8, 4) is 0 Å². The molecule has 0 N–H and O–H groups in total. The van der Waals surface area contributed by atoms with Crippen molar-refractivity contribution in [2.45, 2.75) is 0 Å². The second-order valence-electron chi connectivity index (χ2n) is 7.16. The molecule has 150 valence electrons. The zero-order chi connectivity index (χ0) is 21.4. The number of amides is 1. The molecule has 0 aromatic heterocycles. The van der Waals surface area contributed by atoms with Crippen molar-refractivity contribution in [3.63, 3.8) is 0 Å². The van der Waals surface area contributed by atoms with Crippen LogP contribution in [0.1, 0.15) is 11.1 Å². The van der Waals surface area contributed by atoms with Crippen LogP contribution < -0.4 is 4.90 Å². The summed E-state index contributed by atoms with van der Waals surface area (Å²) < 4.78 is 0. The van der Waals surface area contributed by atoms with Gasteiger partial charge in [0.2, 0.25) is 0 Å². The number of carbonyl (C=O) groups excluding carboxylic acids is 1. The van der Waals surface area contributed by atoms with E-state index in [9.17, 15) is 4.79 Å². The predicted molar refractivity (Wildman–Crippen MR) is 129 cm³/mol. The van der Waals surface area contributed by atoms with Crippen molar-refractivity contribution >= 4 is 57.5 Å². The fourth-order valence-corrected chi connectivity index (χ4v) is 3.91. The monoisotopic (exact) mass is 442 g/mol. The summed E-state index contributed by atoms with van der Waals surface area (Å²) >= 11 is 12.1. The summed E-state index contributed by atoms with van der Waals surface area (Å²) in [5.74, 6) is 0.357. The van der Waals surface area contributed by atoms with Gasteiger partial charge in [0, 0.05) is 15.6 Å². The van der Waals surface area contributed by atoms with Gasteiger partial charge < -0.3 is 0 Å². The van der Waals surface area contributed by atoms with E-state index in [0.29, 0.717) is 27.3 Å². The van der Waals surface area contributed by atoms with E-state index in [4.69, 9.17) is 28.2 Å². The Hall–Kier alpha value is -3.40. The molecule has 0 fully saturated rings. The number of carbonyl (C=O) groups is 1. The normalized spacial score (nSPS) is 15.0. The standard InChI is InChI=1S/C26H16Cl2N2O/c27-20-10-8-18(9-11-20)25-29-24(26(31)30(25)22-14-12-21(28)13-15-22)16-19-6-3-5-17-4-1-2-7-23(17)19/h1-16H/b24-16+. The molecule has 5 heteroatoms. The van der Waals surface area contributed by atoms with Gasteiger partial charge in [0.05, 0.1) is 5.69 Å². The molecule has 3 nitrogen and oxygen atoms in total. The summed E-state index contributed by atoms with van der Waals surface area (Å²) in [6.45, 7) is 0. The molecule has 0 saturated carbocycles. The van der Waals surface area contributed by atoms with Gasteiger partial charge in [-0.1, -0.05) is 65.7 Å². The van der Waals surface area contributed by atoms with Gasteiger partial charge in [0.1, 0.15) is 11.5 Å². The molecule has 0 atom stereocenters. The minimum absolute atomic E-state index is 0.194. The fraction of sp³-hybridized carbons (Fsp3) is 0.